The number of aryl methyl sites for hydroxylation is 7. The normalized spacial score (nSPS) is 10.6. The van der Waals surface area contributed by atoms with Crippen LogP contribution in [0.15, 0.2) is 271 Å². The van der Waals surface area contributed by atoms with Gasteiger partial charge in [-0.15, -0.1) is 5.11 Å². The summed E-state index contributed by atoms with van der Waals surface area (Å²) in [5.41, 5.74) is 27.8. The molecule has 0 unspecified atom stereocenters. The number of azo groups is 1. The molecule has 0 aliphatic heterocycles. The summed E-state index contributed by atoms with van der Waals surface area (Å²) in [6.45, 7) is 49.7. The van der Waals surface area contributed by atoms with Gasteiger partial charge in [-0.3, -0.25) is 14.9 Å². The molecule has 0 bridgehead atoms. The maximum atomic E-state index is 10.9. The molecule has 0 aliphatic carbocycles. The zero-order chi connectivity index (χ0) is 96.4. The van der Waals surface area contributed by atoms with Gasteiger partial charge in [0.25, 0.3) is 5.69 Å². The van der Waals surface area contributed by atoms with E-state index in [0.29, 0.717) is 17.1 Å². The number of anilines is 9. The molecule has 0 aliphatic rings. The van der Waals surface area contributed by atoms with Crippen molar-refractivity contribution in [2.24, 2.45) is 10.2 Å². The average Bonchev–Trinajstić information content (AvgIpc) is 0.756. The number of non-ortho nitro benzene ring substituents is 1. The third-order valence-corrected chi connectivity index (χ3v) is 23.2. The molecule has 15 aromatic rings. The van der Waals surface area contributed by atoms with Crippen LogP contribution in [0.2, 0.25) is 0 Å². The Morgan fingerprint density at radius 3 is 1.43 bits per heavy atom. The number of ether oxygens (including phenoxy) is 2. The lowest BCUT2D eigenvalue weighted by Crippen LogP contribution is -2.29. The van der Waals surface area contributed by atoms with Crippen LogP contribution in [0.5, 0.6) is 23.0 Å². The summed E-state index contributed by atoms with van der Waals surface area (Å²) in [7, 11) is 0. The molecule has 15 rings (SSSR count). The van der Waals surface area contributed by atoms with Crippen molar-refractivity contribution in [3.8, 4) is 23.0 Å². The van der Waals surface area contributed by atoms with Crippen molar-refractivity contribution in [2.45, 2.75) is 132 Å². The summed E-state index contributed by atoms with van der Waals surface area (Å²) in [6, 6.07) is 80.8. The first kappa shape index (κ1) is 105. The molecule has 1 heterocycles. The highest BCUT2D eigenvalue weighted by molar-refractivity contribution is 14.1. The maximum absolute atomic E-state index is 10.9. The van der Waals surface area contributed by atoms with Crippen LogP contribution in [0.3, 0.4) is 0 Å². The molecule has 0 saturated carbocycles. The summed E-state index contributed by atoms with van der Waals surface area (Å²) < 4.78 is 25.9. The largest absolute Gasteiger partial charge is 0.457 e. The standard InChI is InChI=1S/C29H31N5O3.C23H25N3O.C23H28N2O.C9H10BrNO.C9H12BrN.C9H12IN.C7H8BrN/c1-5-30-23-17-20(4)29(32-31-22-11-13-24(14-12-22)34(35)36)28(19-23)37-27-10-8-9-21-18-25(15-16-26(21)27)33(6-2)7-3;1-5-24-17-12-15(4)22-21(14-17)27-23-19-10-9-18(26(6-2)7-3)13-16(19)8-11-20(23)25-22;1-5-24-19-13-17(4)14-21(16-19)26-23-10-8-9-18-15-20(11-12-22(18)23)25(6-2)7-3;1-6-3-8(10)5-9(4-6)11-7(2)12;2*1-3-11-9-5-7(2)4-8(10)6-9;1-5-2-6(8)4-7(9)3-5/h8-19,30H,5-7H2,1-4H3;8-14H,5-7H2,1-4H3;8-16,24H,5-7H2,1-4H3;3-5H,1-2H3,(H,11,12);2*4-6,11H,3H2,1-2H3;2-4H,9H2,1H3/p+1. The molecule has 8 N–H and O–H groups in total. The second kappa shape index (κ2) is 52.4. The second-order valence-corrected chi connectivity index (χ2v) is 35.8. The molecule has 0 spiro atoms. The predicted molar refractivity (Wildman–Crippen MR) is 585 cm³/mol. The zero-order valence-corrected chi connectivity index (χ0v) is 87.0. The highest BCUT2D eigenvalue weighted by Gasteiger charge is 2.18. The Hall–Kier alpha value is -12.1. The molecule has 0 radical (unpaired) electrons. The van der Waals surface area contributed by atoms with E-state index in [1.807, 2.05) is 100 Å². The van der Waals surface area contributed by atoms with E-state index in [1.165, 1.54) is 83.8 Å². The van der Waals surface area contributed by atoms with E-state index in [-0.39, 0.29) is 11.6 Å². The van der Waals surface area contributed by atoms with Crippen LogP contribution in [0, 0.1) is 62.2 Å². The Balaban J connectivity index is 0.000000185. The number of nitro benzene ring substituents is 1. The molecule has 1 amide bonds. The van der Waals surface area contributed by atoms with Crippen molar-refractivity contribution in [2.75, 3.05) is 119 Å². The fourth-order valence-electron chi connectivity index (χ4n) is 15.2. The Labute approximate surface area is 823 Å². The van der Waals surface area contributed by atoms with Gasteiger partial charge in [0.2, 0.25) is 11.3 Å². The third-order valence-electron chi connectivity index (χ3n) is 21.2. The minimum absolute atomic E-state index is 0.00857. The van der Waals surface area contributed by atoms with Crippen molar-refractivity contribution >= 4 is 199 Å². The average molecular weight is 2100 g/mol. The molecule has 1 aromatic heterocycles. The van der Waals surface area contributed by atoms with Crippen molar-refractivity contribution in [1.29, 1.82) is 0 Å². The van der Waals surface area contributed by atoms with E-state index in [0.717, 1.165) is 192 Å². The lowest BCUT2D eigenvalue weighted by atomic mass is 10.1. The van der Waals surface area contributed by atoms with Crippen molar-refractivity contribution < 1.29 is 23.6 Å². The van der Waals surface area contributed by atoms with Gasteiger partial charge in [0, 0.05) is 193 Å². The number of carbonyl (C=O) groups excluding carboxylic acids is 1. The van der Waals surface area contributed by atoms with Gasteiger partial charge in [-0.25, -0.2) is 9.56 Å². The van der Waals surface area contributed by atoms with Gasteiger partial charge < -0.3 is 61.3 Å². The highest BCUT2D eigenvalue weighted by Crippen LogP contribution is 2.42. The first-order valence-electron chi connectivity index (χ1n) is 45.4. The van der Waals surface area contributed by atoms with Crippen molar-refractivity contribution in [3.63, 3.8) is 0 Å². The van der Waals surface area contributed by atoms with E-state index in [4.69, 9.17) is 24.6 Å². The number of nitrogens with two attached hydrogens (primary N) is 1. The van der Waals surface area contributed by atoms with Gasteiger partial charge in [0.05, 0.1) is 10.6 Å². The van der Waals surface area contributed by atoms with E-state index in [9.17, 15) is 14.9 Å². The SMILES string of the molecule is CC(=O)Nc1cc(C)cc(Br)c1.CCNc1cc(C)c(N=Nc2ccc([N+](=O)[O-])cc2)c(Oc2cccc3cc(N(CC)CC)ccc23)c1.CCNc1cc(C)c2nc3ccc4cc(=[N+](CC)CC)ccc4c3oc2c1.CCNc1cc(C)cc(Br)c1.CCNc1cc(C)cc(I)c1.CCNc1cc(C)cc(Oc2cccc3cc(N(CC)CC)ccc23)c1.Cc1cc(N)cc(Br)c1. The minimum atomic E-state index is -0.439. The van der Waals surface area contributed by atoms with E-state index < -0.39 is 4.92 Å². The molecule has 0 atom stereocenters. The number of nitro groups is 1. The van der Waals surface area contributed by atoms with Gasteiger partial charge in [-0.1, -0.05) is 78.1 Å². The molecule has 24 heteroatoms. The van der Waals surface area contributed by atoms with Crippen LogP contribution in [0.4, 0.5) is 68.2 Å². The number of aromatic nitrogens is 1. The molecule has 0 fully saturated rings. The highest BCUT2D eigenvalue weighted by atomic mass is 127. The predicted octanol–water partition coefficient (Wildman–Crippen LogP) is 30.7. The summed E-state index contributed by atoms with van der Waals surface area (Å²) in [5, 5.41) is 47.0. The molecular weight excluding hydrogens is 1970 g/mol. The van der Waals surface area contributed by atoms with Gasteiger partial charge in [-0.2, -0.15) is 5.11 Å². The van der Waals surface area contributed by atoms with Gasteiger partial charge in [0.1, 0.15) is 47.1 Å². The maximum Gasteiger partial charge on any atom is 0.269 e. The third kappa shape index (κ3) is 31.5. The number of nitrogen functional groups attached to an aromatic ring is 1. The number of carbonyl (C=O) groups is 1. The number of rotatable bonds is 26. The molecule has 696 valence electrons. The lowest BCUT2D eigenvalue weighted by Gasteiger charge is -2.21. The zero-order valence-electron chi connectivity index (χ0n) is 80.0. The number of nitrogens with one attached hydrogen (secondary N) is 6. The van der Waals surface area contributed by atoms with E-state index >= 15 is 0 Å². The van der Waals surface area contributed by atoms with Crippen LogP contribution in [-0.2, 0) is 4.79 Å². The fraction of sp³-hybridized carbons (Fsp3) is 0.275. The Morgan fingerprint density at radius 2 is 0.925 bits per heavy atom. The Kier molecular flexibility index (Phi) is 41.2. The number of benzene rings is 14. The first-order valence-corrected chi connectivity index (χ1v) is 48.9. The summed E-state index contributed by atoms with van der Waals surface area (Å²) in [4.78, 5) is 30.8. The number of halogens is 4. The number of hydrogen-bond donors (Lipinski definition) is 7. The summed E-state index contributed by atoms with van der Waals surface area (Å²) in [5.74, 6) is 3.00. The fourth-order valence-corrected chi connectivity index (χ4v) is 17.9. The lowest BCUT2D eigenvalue weighted by molar-refractivity contribution is -0.384. The Morgan fingerprint density at radius 1 is 0.459 bits per heavy atom. The summed E-state index contributed by atoms with van der Waals surface area (Å²) >= 11 is 12.5. The van der Waals surface area contributed by atoms with Crippen LogP contribution < -0.4 is 66.8 Å². The Bertz CT molecular complexity index is 6390. The smallest absolute Gasteiger partial charge is 0.269 e. The molecule has 133 heavy (non-hydrogen) atoms. The van der Waals surface area contributed by atoms with E-state index in [2.05, 4.69) is 369 Å². The monoisotopic (exact) mass is 2090 g/mol. The first-order chi connectivity index (χ1) is 63.9. The molecule has 20 nitrogen and oxygen atoms in total. The quantitative estimate of drug-likeness (QED) is 0.00390. The number of hydrogen-bond acceptors (Lipinski definition) is 17. The van der Waals surface area contributed by atoms with Gasteiger partial charge in [0.15, 0.2) is 16.9 Å². The summed E-state index contributed by atoms with van der Waals surface area (Å²) in [6.07, 6.45) is 0. The van der Waals surface area contributed by atoms with Crippen LogP contribution in [-0.4, -0.2) is 87.8 Å². The molecular formula is C109H127Br3IN14O6+. The van der Waals surface area contributed by atoms with Crippen LogP contribution in [0.1, 0.15) is 122 Å². The topological polar surface area (TPSA) is 237 Å². The number of nitrogens with zero attached hydrogens (tertiary/aromatic N) is 7. The van der Waals surface area contributed by atoms with Gasteiger partial charge in [-0.05, 0) is 372 Å². The van der Waals surface area contributed by atoms with E-state index in [1.54, 1.807) is 12.1 Å². The molecule has 0 saturated heterocycles. The van der Waals surface area contributed by atoms with Gasteiger partial charge >= 0.3 is 0 Å². The minimum Gasteiger partial charge on any atom is -0.457 e. The van der Waals surface area contributed by atoms with Crippen LogP contribution >= 0.6 is 70.4 Å². The number of fused-ring (bicyclic) bond motifs is 6. The van der Waals surface area contributed by atoms with Crippen molar-refractivity contribution in [3.05, 3.63) is 314 Å². The van der Waals surface area contributed by atoms with Crippen molar-refractivity contribution in [1.82, 2.24) is 9.56 Å². The molecule has 14 aromatic carbocycles. The second-order valence-electron chi connectivity index (χ2n) is 31.8. The number of amides is 1. The van der Waals surface area contributed by atoms with Crippen LogP contribution in [0.25, 0.3) is 54.5 Å².